The Kier molecular flexibility index (Phi) is 4.29. The van der Waals surface area contributed by atoms with E-state index in [1.54, 1.807) is 30.7 Å². The van der Waals surface area contributed by atoms with Crippen LogP contribution in [-0.2, 0) is 4.74 Å². The minimum Gasteiger partial charge on any atom is -0.505 e. The Labute approximate surface area is 144 Å². The van der Waals surface area contributed by atoms with Gasteiger partial charge < -0.3 is 9.84 Å². The molecule has 5 nitrogen and oxygen atoms in total. The molecule has 2 aromatic heterocycles. The number of phenolic OH excluding ortho intramolecular Hbond substituents is 1. The molecule has 0 saturated carbocycles. The van der Waals surface area contributed by atoms with Gasteiger partial charge in [-0.2, -0.15) is 0 Å². The lowest BCUT2D eigenvalue weighted by Gasteiger charge is -2.35. The molecule has 0 aliphatic carbocycles. The van der Waals surface area contributed by atoms with Crippen LogP contribution in [0, 0.1) is 5.82 Å². The highest BCUT2D eigenvalue weighted by molar-refractivity contribution is 5.86. The number of rotatable bonds is 3. The van der Waals surface area contributed by atoms with Gasteiger partial charge in [-0.3, -0.25) is 14.9 Å². The van der Waals surface area contributed by atoms with E-state index in [-0.39, 0.29) is 23.1 Å². The van der Waals surface area contributed by atoms with Crippen LogP contribution in [0.2, 0.25) is 0 Å². The van der Waals surface area contributed by atoms with Crippen LogP contribution in [-0.4, -0.2) is 46.3 Å². The molecule has 3 heterocycles. The van der Waals surface area contributed by atoms with Crippen molar-refractivity contribution in [3.8, 4) is 5.75 Å². The summed E-state index contributed by atoms with van der Waals surface area (Å²) in [6.45, 7) is 2.62. The molecule has 128 valence electrons. The molecule has 1 N–H and O–H groups in total. The number of halogens is 1. The van der Waals surface area contributed by atoms with Crippen LogP contribution in [0.25, 0.3) is 10.9 Å². The normalized spacial score (nSPS) is 16.8. The molecule has 1 aromatic carbocycles. The Morgan fingerprint density at radius 2 is 1.88 bits per heavy atom. The zero-order valence-corrected chi connectivity index (χ0v) is 13.6. The third-order valence-electron chi connectivity index (χ3n) is 4.57. The number of aromatic nitrogens is 2. The number of pyridine rings is 2. The maximum absolute atomic E-state index is 14.7. The van der Waals surface area contributed by atoms with Crippen molar-refractivity contribution in [2.75, 3.05) is 26.3 Å². The molecule has 0 spiro atoms. The van der Waals surface area contributed by atoms with Gasteiger partial charge in [0.2, 0.25) is 0 Å². The molecule has 1 aliphatic rings. The second-order valence-electron chi connectivity index (χ2n) is 6.03. The molecule has 4 rings (SSSR count). The third kappa shape index (κ3) is 2.94. The van der Waals surface area contributed by atoms with Crippen molar-refractivity contribution in [2.24, 2.45) is 0 Å². The predicted octanol–water partition coefficient (Wildman–Crippen LogP) is 2.90. The molecular formula is C19H18FN3O2. The fourth-order valence-corrected chi connectivity index (χ4v) is 3.38. The Balaban J connectivity index is 1.90. The molecule has 0 bridgehead atoms. The Hall–Kier alpha value is -2.57. The second-order valence-corrected chi connectivity index (χ2v) is 6.03. The lowest BCUT2D eigenvalue weighted by atomic mass is 9.95. The number of benzene rings is 1. The van der Waals surface area contributed by atoms with Crippen LogP contribution in [0.3, 0.4) is 0 Å². The zero-order chi connectivity index (χ0) is 17.2. The van der Waals surface area contributed by atoms with E-state index >= 15 is 0 Å². The SMILES string of the molecule is Oc1c(C(c2ccncc2)N2CCOCC2)cc(F)c2cccnc12. The van der Waals surface area contributed by atoms with Crippen molar-refractivity contribution in [2.45, 2.75) is 6.04 Å². The highest BCUT2D eigenvalue weighted by Crippen LogP contribution is 2.39. The molecule has 1 unspecified atom stereocenters. The Bertz CT molecular complexity index is 882. The van der Waals surface area contributed by atoms with Crippen LogP contribution in [0.4, 0.5) is 4.39 Å². The number of fused-ring (bicyclic) bond motifs is 1. The Morgan fingerprint density at radius 1 is 1.12 bits per heavy atom. The third-order valence-corrected chi connectivity index (χ3v) is 4.57. The van der Waals surface area contributed by atoms with Gasteiger partial charge in [-0.05, 0) is 35.9 Å². The van der Waals surface area contributed by atoms with Crippen LogP contribution in [0.1, 0.15) is 17.2 Å². The first kappa shape index (κ1) is 15.9. The van der Waals surface area contributed by atoms with Crippen molar-refractivity contribution in [1.29, 1.82) is 0 Å². The van der Waals surface area contributed by atoms with Crippen LogP contribution in [0.15, 0.2) is 48.9 Å². The number of morpholine rings is 1. The quantitative estimate of drug-likeness (QED) is 0.795. The van der Waals surface area contributed by atoms with Gasteiger partial charge in [-0.15, -0.1) is 0 Å². The van der Waals surface area contributed by atoms with E-state index in [4.69, 9.17) is 4.74 Å². The average molecular weight is 339 g/mol. The van der Waals surface area contributed by atoms with E-state index in [9.17, 15) is 9.50 Å². The first-order chi connectivity index (χ1) is 12.3. The molecule has 3 aromatic rings. The van der Waals surface area contributed by atoms with Gasteiger partial charge in [0, 0.05) is 42.6 Å². The summed E-state index contributed by atoms with van der Waals surface area (Å²) < 4.78 is 20.1. The summed E-state index contributed by atoms with van der Waals surface area (Å²) in [5, 5.41) is 11.2. The standard InChI is InChI=1S/C19H18FN3O2/c20-16-12-15(19(24)17-14(16)2-1-5-22-17)18(13-3-6-21-7-4-13)23-8-10-25-11-9-23/h1-7,12,18,24H,8-11H2. The van der Waals surface area contributed by atoms with E-state index in [1.165, 1.54) is 6.07 Å². The van der Waals surface area contributed by atoms with Gasteiger partial charge in [0.1, 0.15) is 17.1 Å². The highest BCUT2D eigenvalue weighted by atomic mass is 19.1. The van der Waals surface area contributed by atoms with Gasteiger partial charge in [0.15, 0.2) is 0 Å². The fourth-order valence-electron chi connectivity index (χ4n) is 3.38. The van der Waals surface area contributed by atoms with Crippen LogP contribution < -0.4 is 0 Å². The number of aromatic hydroxyl groups is 1. The summed E-state index contributed by atoms with van der Waals surface area (Å²) in [6.07, 6.45) is 4.96. The van der Waals surface area contributed by atoms with Crippen molar-refractivity contribution in [3.63, 3.8) is 0 Å². The number of nitrogens with zero attached hydrogens (tertiary/aromatic N) is 3. The van der Waals surface area contributed by atoms with E-state index in [1.807, 2.05) is 12.1 Å². The van der Waals surface area contributed by atoms with E-state index in [2.05, 4.69) is 14.9 Å². The highest BCUT2D eigenvalue weighted by Gasteiger charge is 2.28. The van der Waals surface area contributed by atoms with E-state index < -0.39 is 0 Å². The Morgan fingerprint density at radius 3 is 2.64 bits per heavy atom. The maximum Gasteiger partial charge on any atom is 0.147 e. The molecule has 1 fully saturated rings. The summed E-state index contributed by atoms with van der Waals surface area (Å²) in [4.78, 5) is 10.4. The number of ether oxygens (including phenoxy) is 1. The summed E-state index contributed by atoms with van der Waals surface area (Å²) in [5.41, 5.74) is 1.74. The topological polar surface area (TPSA) is 58.5 Å². The second kappa shape index (κ2) is 6.74. The van der Waals surface area contributed by atoms with Gasteiger partial charge >= 0.3 is 0 Å². The maximum atomic E-state index is 14.7. The molecule has 1 atom stereocenters. The average Bonchev–Trinajstić information content (AvgIpc) is 2.68. The lowest BCUT2D eigenvalue weighted by molar-refractivity contribution is 0.0235. The first-order valence-corrected chi connectivity index (χ1v) is 8.23. The fraction of sp³-hybridized carbons (Fsp3) is 0.263. The van der Waals surface area contributed by atoms with Gasteiger partial charge in [0.25, 0.3) is 0 Å². The molecule has 1 saturated heterocycles. The van der Waals surface area contributed by atoms with Crippen molar-refractivity contribution >= 4 is 10.9 Å². The van der Waals surface area contributed by atoms with Gasteiger partial charge in [0.05, 0.1) is 19.3 Å². The monoisotopic (exact) mass is 339 g/mol. The minimum atomic E-state index is -0.386. The molecule has 1 aliphatic heterocycles. The molecule has 25 heavy (non-hydrogen) atoms. The summed E-state index contributed by atoms with van der Waals surface area (Å²) in [5.74, 6) is -0.367. The van der Waals surface area contributed by atoms with E-state index in [0.29, 0.717) is 37.3 Å². The largest absolute Gasteiger partial charge is 0.505 e. The summed E-state index contributed by atoms with van der Waals surface area (Å²) >= 11 is 0. The number of hydrogen-bond acceptors (Lipinski definition) is 5. The van der Waals surface area contributed by atoms with Crippen LogP contribution >= 0.6 is 0 Å². The minimum absolute atomic E-state index is 0.0188. The molecule has 0 amide bonds. The zero-order valence-electron chi connectivity index (χ0n) is 13.6. The number of hydrogen-bond donors (Lipinski definition) is 1. The first-order valence-electron chi connectivity index (χ1n) is 8.23. The smallest absolute Gasteiger partial charge is 0.147 e. The van der Waals surface area contributed by atoms with Crippen molar-refractivity contribution in [3.05, 3.63) is 65.9 Å². The van der Waals surface area contributed by atoms with Crippen molar-refractivity contribution in [1.82, 2.24) is 14.9 Å². The molecule has 6 heteroatoms. The van der Waals surface area contributed by atoms with Gasteiger partial charge in [-0.25, -0.2) is 4.39 Å². The van der Waals surface area contributed by atoms with Crippen molar-refractivity contribution < 1.29 is 14.2 Å². The van der Waals surface area contributed by atoms with E-state index in [0.717, 1.165) is 5.56 Å². The summed E-state index contributed by atoms with van der Waals surface area (Å²) in [7, 11) is 0. The molecule has 0 radical (unpaired) electrons. The van der Waals surface area contributed by atoms with Gasteiger partial charge in [-0.1, -0.05) is 0 Å². The number of phenols is 1. The predicted molar refractivity (Wildman–Crippen MR) is 91.8 cm³/mol. The van der Waals surface area contributed by atoms with Crippen LogP contribution in [0.5, 0.6) is 5.75 Å². The lowest BCUT2D eigenvalue weighted by Crippen LogP contribution is -2.39. The molecular weight excluding hydrogens is 321 g/mol. The summed E-state index contributed by atoms with van der Waals surface area (Å²) in [6, 6.07) is 8.19.